The SMILES string of the molecule is [CH2]CCCCCCCCCCC(N)=O. The van der Waals surface area contributed by atoms with Crippen LogP contribution in [0.1, 0.15) is 64.2 Å². The second-order valence-corrected chi connectivity index (χ2v) is 3.90. The summed E-state index contributed by atoms with van der Waals surface area (Å²) in [5.41, 5.74) is 5.04. The van der Waals surface area contributed by atoms with Crippen molar-refractivity contribution in [3.8, 4) is 0 Å². The van der Waals surface area contributed by atoms with E-state index in [4.69, 9.17) is 5.73 Å². The van der Waals surface area contributed by atoms with Crippen molar-refractivity contribution in [2.24, 2.45) is 5.73 Å². The third-order valence-corrected chi connectivity index (χ3v) is 2.42. The Kier molecular flexibility index (Phi) is 10.2. The van der Waals surface area contributed by atoms with Crippen LogP contribution in [0, 0.1) is 6.92 Å². The maximum atomic E-state index is 10.4. The lowest BCUT2D eigenvalue weighted by Gasteiger charge is -2.00. The second-order valence-electron chi connectivity index (χ2n) is 3.90. The summed E-state index contributed by atoms with van der Waals surface area (Å²) >= 11 is 0. The molecule has 2 nitrogen and oxygen atoms in total. The van der Waals surface area contributed by atoms with Gasteiger partial charge in [-0.3, -0.25) is 4.79 Å². The Balaban J connectivity index is 2.88. The number of carbonyl (C=O) groups is 1. The molecule has 0 aromatic carbocycles. The minimum Gasteiger partial charge on any atom is -0.370 e. The van der Waals surface area contributed by atoms with Crippen LogP contribution in [-0.2, 0) is 4.79 Å². The standard InChI is InChI=1S/C12H24NO/c1-2-3-4-5-6-7-8-9-10-11-12(13)14/h1-11H2,(H2,13,14). The van der Waals surface area contributed by atoms with E-state index in [1.807, 2.05) is 0 Å². The molecule has 2 N–H and O–H groups in total. The molecule has 0 rings (SSSR count). The molecule has 0 aromatic rings. The Labute approximate surface area is 88.3 Å². The van der Waals surface area contributed by atoms with Crippen molar-refractivity contribution in [2.45, 2.75) is 64.2 Å². The third kappa shape index (κ3) is 11.5. The predicted octanol–water partition coefficient (Wildman–Crippen LogP) is 3.21. The van der Waals surface area contributed by atoms with Gasteiger partial charge in [-0.25, -0.2) is 0 Å². The monoisotopic (exact) mass is 198 g/mol. The molecule has 0 atom stereocenters. The average molecular weight is 198 g/mol. The van der Waals surface area contributed by atoms with E-state index in [1.54, 1.807) is 0 Å². The van der Waals surface area contributed by atoms with Crippen molar-refractivity contribution < 1.29 is 4.79 Å². The van der Waals surface area contributed by atoms with Gasteiger partial charge in [-0.1, -0.05) is 58.3 Å². The van der Waals surface area contributed by atoms with Crippen LogP contribution in [0.15, 0.2) is 0 Å². The molecule has 0 saturated carbocycles. The Bertz CT molecular complexity index is 134. The fourth-order valence-corrected chi connectivity index (χ4v) is 1.54. The summed E-state index contributed by atoms with van der Waals surface area (Å²) in [4.78, 5) is 10.4. The molecule has 83 valence electrons. The summed E-state index contributed by atoms with van der Waals surface area (Å²) in [5.74, 6) is -0.166. The predicted molar refractivity (Wildman–Crippen MR) is 60.7 cm³/mol. The molecule has 0 aliphatic carbocycles. The summed E-state index contributed by atoms with van der Waals surface area (Å²) in [7, 11) is 0. The number of hydrogen-bond donors (Lipinski definition) is 1. The zero-order valence-corrected chi connectivity index (χ0v) is 9.26. The van der Waals surface area contributed by atoms with Crippen LogP contribution in [0.2, 0.25) is 0 Å². The molecular weight excluding hydrogens is 174 g/mol. The number of nitrogens with two attached hydrogens (primary N) is 1. The summed E-state index contributed by atoms with van der Waals surface area (Å²) in [5, 5.41) is 0. The van der Waals surface area contributed by atoms with Crippen molar-refractivity contribution in [1.29, 1.82) is 0 Å². The fourth-order valence-electron chi connectivity index (χ4n) is 1.54. The van der Waals surface area contributed by atoms with Crippen molar-refractivity contribution in [3.05, 3.63) is 6.92 Å². The van der Waals surface area contributed by atoms with Gasteiger partial charge in [-0.05, 0) is 6.42 Å². The van der Waals surface area contributed by atoms with E-state index in [9.17, 15) is 4.79 Å². The quantitative estimate of drug-likeness (QED) is 0.538. The van der Waals surface area contributed by atoms with Gasteiger partial charge in [0.15, 0.2) is 0 Å². The number of primary amides is 1. The van der Waals surface area contributed by atoms with E-state index >= 15 is 0 Å². The van der Waals surface area contributed by atoms with Gasteiger partial charge in [-0.15, -0.1) is 0 Å². The van der Waals surface area contributed by atoms with Crippen LogP contribution in [0.5, 0.6) is 0 Å². The first-order valence-corrected chi connectivity index (χ1v) is 5.85. The van der Waals surface area contributed by atoms with Gasteiger partial charge >= 0.3 is 0 Å². The highest BCUT2D eigenvalue weighted by atomic mass is 16.1. The van der Waals surface area contributed by atoms with Crippen molar-refractivity contribution in [1.82, 2.24) is 0 Å². The van der Waals surface area contributed by atoms with Gasteiger partial charge in [0.2, 0.25) is 5.91 Å². The first kappa shape index (κ1) is 13.5. The molecule has 2 heteroatoms. The van der Waals surface area contributed by atoms with Crippen molar-refractivity contribution in [3.63, 3.8) is 0 Å². The maximum Gasteiger partial charge on any atom is 0.217 e. The zero-order chi connectivity index (χ0) is 10.6. The molecule has 0 aliphatic heterocycles. The lowest BCUT2D eigenvalue weighted by molar-refractivity contribution is -0.118. The zero-order valence-electron chi connectivity index (χ0n) is 9.26. The van der Waals surface area contributed by atoms with Crippen LogP contribution in [0.4, 0.5) is 0 Å². The molecule has 1 radical (unpaired) electrons. The van der Waals surface area contributed by atoms with Crippen LogP contribution in [-0.4, -0.2) is 5.91 Å². The van der Waals surface area contributed by atoms with Gasteiger partial charge in [-0.2, -0.15) is 0 Å². The minimum atomic E-state index is -0.166. The van der Waals surface area contributed by atoms with Gasteiger partial charge in [0.1, 0.15) is 0 Å². The molecule has 0 bridgehead atoms. The molecule has 0 heterocycles. The minimum absolute atomic E-state index is 0.166. The Morgan fingerprint density at radius 2 is 1.29 bits per heavy atom. The number of amides is 1. The number of hydrogen-bond acceptors (Lipinski definition) is 1. The highest BCUT2D eigenvalue weighted by Crippen LogP contribution is 2.09. The maximum absolute atomic E-state index is 10.4. The van der Waals surface area contributed by atoms with Crippen LogP contribution < -0.4 is 5.73 Å². The van der Waals surface area contributed by atoms with E-state index in [0.29, 0.717) is 6.42 Å². The lowest BCUT2D eigenvalue weighted by Crippen LogP contribution is -2.09. The van der Waals surface area contributed by atoms with Crippen LogP contribution >= 0.6 is 0 Å². The van der Waals surface area contributed by atoms with Gasteiger partial charge < -0.3 is 5.73 Å². The summed E-state index contributed by atoms with van der Waals surface area (Å²) in [6, 6.07) is 0. The van der Waals surface area contributed by atoms with Gasteiger partial charge in [0.25, 0.3) is 0 Å². The first-order chi connectivity index (χ1) is 6.77. The Morgan fingerprint density at radius 3 is 1.71 bits per heavy atom. The highest BCUT2D eigenvalue weighted by Gasteiger charge is 1.94. The van der Waals surface area contributed by atoms with E-state index < -0.39 is 0 Å². The average Bonchev–Trinajstić information content (AvgIpc) is 2.15. The molecule has 14 heavy (non-hydrogen) atoms. The topological polar surface area (TPSA) is 43.1 Å². The molecule has 0 fully saturated rings. The van der Waals surface area contributed by atoms with Gasteiger partial charge in [0, 0.05) is 6.42 Å². The molecular formula is C12H24NO. The Hall–Kier alpha value is -0.530. The first-order valence-electron chi connectivity index (χ1n) is 5.85. The van der Waals surface area contributed by atoms with E-state index in [1.165, 1.54) is 38.5 Å². The number of carbonyl (C=O) groups excluding carboxylic acids is 1. The molecule has 1 amide bonds. The van der Waals surface area contributed by atoms with E-state index in [2.05, 4.69) is 6.92 Å². The van der Waals surface area contributed by atoms with Crippen molar-refractivity contribution >= 4 is 5.91 Å². The van der Waals surface area contributed by atoms with Crippen molar-refractivity contribution in [2.75, 3.05) is 0 Å². The van der Waals surface area contributed by atoms with E-state index in [0.717, 1.165) is 19.3 Å². The summed E-state index contributed by atoms with van der Waals surface area (Å²) in [6.45, 7) is 3.82. The fraction of sp³-hybridized carbons (Fsp3) is 0.833. The molecule has 0 saturated heterocycles. The molecule has 0 aliphatic rings. The number of rotatable bonds is 10. The number of unbranched alkanes of at least 4 members (excludes halogenated alkanes) is 8. The molecule has 0 aromatic heterocycles. The molecule has 0 unspecified atom stereocenters. The van der Waals surface area contributed by atoms with Crippen LogP contribution in [0.25, 0.3) is 0 Å². The van der Waals surface area contributed by atoms with E-state index in [-0.39, 0.29) is 5.91 Å². The lowest BCUT2D eigenvalue weighted by atomic mass is 10.1. The third-order valence-electron chi connectivity index (χ3n) is 2.42. The normalized spacial score (nSPS) is 10.4. The second kappa shape index (κ2) is 10.6. The highest BCUT2D eigenvalue weighted by molar-refractivity contribution is 5.73. The van der Waals surface area contributed by atoms with Gasteiger partial charge in [0.05, 0.1) is 0 Å². The Morgan fingerprint density at radius 1 is 0.857 bits per heavy atom. The summed E-state index contributed by atoms with van der Waals surface area (Å²) in [6.07, 6.45) is 11.6. The largest absolute Gasteiger partial charge is 0.370 e. The van der Waals surface area contributed by atoms with Crippen LogP contribution in [0.3, 0.4) is 0 Å². The summed E-state index contributed by atoms with van der Waals surface area (Å²) < 4.78 is 0. The smallest absolute Gasteiger partial charge is 0.217 e. The molecule has 0 spiro atoms.